The third-order valence-electron chi connectivity index (χ3n) is 5.63. The van der Waals surface area contributed by atoms with Crippen molar-refractivity contribution >= 4 is 0 Å². The van der Waals surface area contributed by atoms with Gasteiger partial charge in [0.1, 0.15) is 6.04 Å². The zero-order valence-corrected chi connectivity index (χ0v) is 15.5. The Bertz CT molecular complexity index is 785. The van der Waals surface area contributed by atoms with Crippen LogP contribution in [0.2, 0.25) is 0 Å². The summed E-state index contributed by atoms with van der Waals surface area (Å²) in [6.45, 7) is 1.16. The van der Waals surface area contributed by atoms with Gasteiger partial charge in [-0.2, -0.15) is 0 Å². The minimum atomic E-state index is 0. The lowest BCUT2D eigenvalue weighted by Crippen LogP contribution is -3.00. The van der Waals surface area contributed by atoms with E-state index in [1.54, 1.807) is 14.2 Å². The van der Waals surface area contributed by atoms with Gasteiger partial charge in [-0.15, -0.1) is 0 Å². The summed E-state index contributed by atoms with van der Waals surface area (Å²) in [5.41, 5.74) is 6.86. The lowest BCUT2D eigenvalue weighted by Gasteiger charge is -2.46. The van der Waals surface area contributed by atoms with Crippen molar-refractivity contribution in [1.82, 2.24) is 0 Å². The average Bonchev–Trinajstić information content (AvgIpc) is 2.57. The van der Waals surface area contributed by atoms with Crippen LogP contribution in [-0.2, 0) is 12.8 Å². The molecule has 2 aliphatic rings. The first kappa shape index (κ1) is 17.1. The summed E-state index contributed by atoms with van der Waals surface area (Å²) in [5.74, 6) is 1.73. The standard InChI is InChI=1S/C20H24NO2.ClH/c1-21(2)10-9-14-12-17(22-3)20(23-4)19-15-8-6-5-7-13(15)11-16(21)18(14)19;/h5-8,12,16H,9-11H2,1-4H3;1H/q+1;/p-1/t16-;/m1./s1. The van der Waals surface area contributed by atoms with Gasteiger partial charge in [-0.05, 0) is 22.8 Å². The molecule has 0 amide bonds. The molecule has 0 aromatic heterocycles. The van der Waals surface area contributed by atoms with Crippen molar-refractivity contribution in [2.75, 3.05) is 34.9 Å². The molecule has 3 nitrogen and oxygen atoms in total. The van der Waals surface area contributed by atoms with Crippen LogP contribution in [0.1, 0.15) is 22.7 Å². The quantitative estimate of drug-likeness (QED) is 0.742. The normalized spacial score (nSPS) is 19.6. The Morgan fingerprint density at radius 2 is 1.79 bits per heavy atom. The lowest BCUT2D eigenvalue weighted by molar-refractivity contribution is -0.923. The van der Waals surface area contributed by atoms with Crippen LogP contribution in [0, 0.1) is 0 Å². The van der Waals surface area contributed by atoms with E-state index in [1.165, 1.54) is 27.8 Å². The van der Waals surface area contributed by atoms with Gasteiger partial charge in [0.2, 0.25) is 0 Å². The molecule has 0 unspecified atom stereocenters. The highest BCUT2D eigenvalue weighted by atomic mass is 35.5. The predicted octanol–water partition coefficient (Wildman–Crippen LogP) is 0.604. The van der Waals surface area contributed by atoms with Gasteiger partial charge in [0.25, 0.3) is 0 Å². The zero-order chi connectivity index (χ0) is 16.2. The minimum absolute atomic E-state index is 0. The van der Waals surface area contributed by atoms with Crippen molar-refractivity contribution < 1.29 is 26.4 Å². The number of methoxy groups -OCH3 is 2. The second kappa shape index (κ2) is 5.98. The maximum Gasteiger partial charge on any atom is 0.169 e. The molecule has 128 valence electrons. The molecule has 0 bridgehead atoms. The predicted molar refractivity (Wildman–Crippen MR) is 92.1 cm³/mol. The van der Waals surface area contributed by atoms with Crippen LogP contribution in [0.3, 0.4) is 0 Å². The van der Waals surface area contributed by atoms with Crippen molar-refractivity contribution in [2.45, 2.75) is 18.9 Å². The zero-order valence-electron chi connectivity index (χ0n) is 14.7. The molecule has 1 heterocycles. The second-order valence-electron chi connectivity index (χ2n) is 7.19. The average molecular weight is 346 g/mol. The highest BCUT2D eigenvalue weighted by Gasteiger charge is 2.42. The summed E-state index contributed by atoms with van der Waals surface area (Å²) in [7, 11) is 8.17. The number of halogens is 1. The van der Waals surface area contributed by atoms with Crippen LogP contribution in [-0.4, -0.2) is 39.3 Å². The Balaban J connectivity index is 0.00000169. The molecular weight excluding hydrogens is 322 g/mol. The van der Waals surface area contributed by atoms with Crippen LogP contribution in [0.4, 0.5) is 0 Å². The first-order chi connectivity index (χ1) is 11.1. The molecule has 2 aromatic carbocycles. The Morgan fingerprint density at radius 1 is 1.04 bits per heavy atom. The van der Waals surface area contributed by atoms with E-state index in [1.807, 2.05) is 0 Å². The third-order valence-corrected chi connectivity index (χ3v) is 5.63. The van der Waals surface area contributed by atoms with Gasteiger partial charge in [-0.3, -0.25) is 0 Å². The summed E-state index contributed by atoms with van der Waals surface area (Å²) in [4.78, 5) is 0. The number of rotatable bonds is 2. The Hall–Kier alpha value is -1.71. The van der Waals surface area contributed by atoms with Gasteiger partial charge in [-0.1, -0.05) is 24.3 Å². The SMILES string of the molecule is COc1cc2c3c(c1OC)-c1ccccc1C[C@H]3[N+](C)(C)CC2.[Cl-]. The fourth-order valence-electron chi connectivity index (χ4n) is 4.33. The molecule has 1 atom stereocenters. The first-order valence-electron chi connectivity index (χ1n) is 8.25. The maximum absolute atomic E-state index is 5.80. The van der Waals surface area contributed by atoms with E-state index >= 15 is 0 Å². The summed E-state index contributed by atoms with van der Waals surface area (Å²) < 4.78 is 12.5. The molecule has 0 N–H and O–H groups in total. The smallest absolute Gasteiger partial charge is 0.169 e. The van der Waals surface area contributed by atoms with E-state index in [9.17, 15) is 0 Å². The van der Waals surface area contributed by atoms with E-state index in [-0.39, 0.29) is 12.4 Å². The van der Waals surface area contributed by atoms with Gasteiger partial charge in [0.05, 0.1) is 34.9 Å². The van der Waals surface area contributed by atoms with E-state index in [4.69, 9.17) is 9.47 Å². The Kier molecular flexibility index (Phi) is 4.27. The number of ether oxygens (including phenoxy) is 2. The summed E-state index contributed by atoms with van der Waals surface area (Å²) in [6, 6.07) is 11.4. The third kappa shape index (κ3) is 2.30. The Labute approximate surface area is 150 Å². The molecule has 4 heteroatoms. The summed E-state index contributed by atoms with van der Waals surface area (Å²) >= 11 is 0. The summed E-state index contributed by atoms with van der Waals surface area (Å²) in [5, 5.41) is 0. The number of nitrogens with zero attached hydrogens (tertiary/aromatic N) is 1. The highest BCUT2D eigenvalue weighted by Crippen LogP contribution is 2.53. The molecule has 0 fully saturated rings. The molecular formula is C20H24ClNO2. The summed E-state index contributed by atoms with van der Waals surface area (Å²) in [6.07, 6.45) is 2.19. The minimum Gasteiger partial charge on any atom is -1.00 e. The molecule has 0 saturated heterocycles. The molecule has 2 aromatic rings. The first-order valence-corrected chi connectivity index (χ1v) is 8.25. The van der Waals surface area contributed by atoms with Crippen molar-refractivity contribution in [2.24, 2.45) is 0 Å². The van der Waals surface area contributed by atoms with Gasteiger partial charge in [0, 0.05) is 24.0 Å². The lowest BCUT2D eigenvalue weighted by atomic mass is 9.75. The van der Waals surface area contributed by atoms with Crippen molar-refractivity contribution in [3.63, 3.8) is 0 Å². The van der Waals surface area contributed by atoms with Crippen LogP contribution in [0.15, 0.2) is 30.3 Å². The van der Waals surface area contributed by atoms with Crippen molar-refractivity contribution in [3.8, 4) is 22.6 Å². The van der Waals surface area contributed by atoms with Gasteiger partial charge >= 0.3 is 0 Å². The second-order valence-corrected chi connectivity index (χ2v) is 7.19. The van der Waals surface area contributed by atoms with E-state index < -0.39 is 0 Å². The monoisotopic (exact) mass is 345 g/mol. The highest BCUT2D eigenvalue weighted by molar-refractivity contribution is 5.83. The molecule has 0 radical (unpaired) electrons. The maximum atomic E-state index is 5.80. The fourth-order valence-corrected chi connectivity index (χ4v) is 4.33. The molecule has 24 heavy (non-hydrogen) atoms. The number of likely N-dealkylation sites (N-methyl/N-ethyl adjacent to an activating group) is 1. The molecule has 1 aliphatic carbocycles. The van der Waals surface area contributed by atoms with Crippen LogP contribution < -0.4 is 21.9 Å². The van der Waals surface area contributed by atoms with Gasteiger partial charge in [-0.25, -0.2) is 0 Å². The molecule has 0 spiro atoms. The van der Waals surface area contributed by atoms with Gasteiger partial charge < -0.3 is 26.4 Å². The Morgan fingerprint density at radius 3 is 2.50 bits per heavy atom. The number of hydrogen-bond acceptors (Lipinski definition) is 2. The van der Waals surface area contributed by atoms with Gasteiger partial charge in [0.15, 0.2) is 11.5 Å². The number of fused-ring (bicyclic) bond motifs is 2. The fraction of sp³-hybridized carbons (Fsp3) is 0.400. The largest absolute Gasteiger partial charge is 1.00 e. The number of hydrogen-bond donors (Lipinski definition) is 0. The topological polar surface area (TPSA) is 18.5 Å². The molecule has 4 rings (SSSR count). The van der Waals surface area contributed by atoms with E-state index in [2.05, 4.69) is 44.4 Å². The van der Waals surface area contributed by atoms with E-state index in [0.717, 1.165) is 35.4 Å². The van der Waals surface area contributed by atoms with Crippen molar-refractivity contribution in [1.29, 1.82) is 0 Å². The van der Waals surface area contributed by atoms with Crippen LogP contribution in [0.25, 0.3) is 11.1 Å². The van der Waals surface area contributed by atoms with Crippen LogP contribution >= 0.6 is 0 Å². The van der Waals surface area contributed by atoms with Crippen LogP contribution in [0.5, 0.6) is 11.5 Å². The van der Waals surface area contributed by atoms with E-state index in [0.29, 0.717) is 6.04 Å². The molecule has 0 saturated carbocycles. The number of benzene rings is 2. The van der Waals surface area contributed by atoms with Crippen molar-refractivity contribution in [3.05, 3.63) is 47.0 Å². The molecule has 1 aliphatic heterocycles. The number of quaternary nitrogens is 1.